The molecule has 0 N–H and O–H groups in total. The Bertz CT molecular complexity index is 144. The summed E-state index contributed by atoms with van der Waals surface area (Å²) in [6.45, 7) is 0. The van der Waals surface area contributed by atoms with Crippen LogP contribution in [0.3, 0.4) is 0 Å². The monoisotopic (exact) mass is 136 g/mol. The Hall–Kier alpha value is -0.260. The number of hydrogen-bond donors (Lipinski definition) is 0. The molecule has 0 aliphatic heterocycles. The zero-order chi connectivity index (χ0) is 6.81. The van der Waals surface area contributed by atoms with E-state index >= 15 is 0 Å². The van der Waals surface area contributed by atoms with Gasteiger partial charge in [-0.1, -0.05) is 24.5 Å². The van der Waals surface area contributed by atoms with Crippen LogP contribution in [0.5, 0.6) is 0 Å². The van der Waals surface area contributed by atoms with Gasteiger partial charge in [0.15, 0.2) is 0 Å². The van der Waals surface area contributed by atoms with Gasteiger partial charge in [0, 0.05) is 0 Å². The fraction of sp³-hybridized carbons (Fsp3) is 0.800. The zero-order valence-electron chi connectivity index (χ0n) is 6.60. The summed E-state index contributed by atoms with van der Waals surface area (Å²) in [6, 6.07) is 0. The third-order valence-corrected chi connectivity index (χ3v) is 2.97. The molecule has 0 nitrogen and oxygen atoms in total. The molecule has 1 unspecified atom stereocenters. The van der Waals surface area contributed by atoms with Gasteiger partial charge < -0.3 is 0 Å². The van der Waals surface area contributed by atoms with Crippen molar-refractivity contribution in [3.8, 4) is 0 Å². The minimum absolute atomic E-state index is 1.06. The summed E-state index contributed by atoms with van der Waals surface area (Å²) in [5.41, 5.74) is 1.76. The van der Waals surface area contributed by atoms with Crippen molar-refractivity contribution in [2.24, 2.45) is 5.92 Å². The Morgan fingerprint density at radius 2 is 2.10 bits per heavy atom. The summed E-state index contributed by atoms with van der Waals surface area (Å²) in [5.74, 6) is 1.06. The van der Waals surface area contributed by atoms with Crippen LogP contribution in [0.2, 0.25) is 0 Å². The molecule has 0 aromatic rings. The Kier molecular flexibility index (Phi) is 1.79. The highest BCUT2D eigenvalue weighted by atomic mass is 14.2. The highest BCUT2D eigenvalue weighted by Crippen LogP contribution is 2.33. The lowest BCUT2D eigenvalue weighted by molar-refractivity contribution is 0.391. The Balaban J connectivity index is 2.08. The molecule has 0 aromatic heterocycles. The van der Waals surface area contributed by atoms with E-state index in [2.05, 4.69) is 6.08 Å². The first-order valence-electron chi connectivity index (χ1n) is 4.63. The maximum atomic E-state index is 2.51. The van der Waals surface area contributed by atoms with Gasteiger partial charge in [-0.15, -0.1) is 0 Å². The van der Waals surface area contributed by atoms with Crippen LogP contribution >= 0.6 is 0 Å². The van der Waals surface area contributed by atoms with Crippen molar-refractivity contribution in [2.45, 2.75) is 44.9 Å². The third kappa shape index (κ3) is 1.25. The van der Waals surface area contributed by atoms with Crippen LogP contribution in [0.1, 0.15) is 44.9 Å². The molecule has 0 heteroatoms. The molecule has 0 saturated heterocycles. The molecular formula is C10H16. The minimum Gasteiger partial charge on any atom is -0.0851 e. The summed E-state index contributed by atoms with van der Waals surface area (Å²) >= 11 is 0. The lowest BCUT2D eigenvalue weighted by atomic mass is 9.81. The maximum absolute atomic E-state index is 2.51. The smallest absolute Gasteiger partial charge is 0.0318 e. The number of fused-ring (bicyclic) bond motifs is 5. The van der Waals surface area contributed by atoms with E-state index < -0.39 is 0 Å². The Labute approximate surface area is 63.3 Å². The van der Waals surface area contributed by atoms with E-state index in [1.54, 1.807) is 5.57 Å². The molecular weight excluding hydrogens is 120 g/mol. The molecule has 56 valence electrons. The van der Waals surface area contributed by atoms with Crippen molar-refractivity contribution >= 4 is 0 Å². The van der Waals surface area contributed by atoms with Crippen LogP contribution in [0.4, 0.5) is 0 Å². The number of hydrogen-bond acceptors (Lipinski definition) is 0. The maximum Gasteiger partial charge on any atom is -0.0318 e. The third-order valence-electron chi connectivity index (χ3n) is 2.97. The Morgan fingerprint density at radius 3 is 2.90 bits per heavy atom. The van der Waals surface area contributed by atoms with E-state index in [1.807, 2.05) is 0 Å². The van der Waals surface area contributed by atoms with Crippen molar-refractivity contribution in [3.63, 3.8) is 0 Å². The fourth-order valence-corrected chi connectivity index (χ4v) is 2.22. The topological polar surface area (TPSA) is 0 Å². The average molecular weight is 136 g/mol. The van der Waals surface area contributed by atoms with E-state index in [1.165, 1.54) is 44.9 Å². The molecule has 1 fully saturated rings. The quantitative estimate of drug-likeness (QED) is 0.448. The first-order chi connectivity index (χ1) is 4.95. The van der Waals surface area contributed by atoms with Crippen molar-refractivity contribution in [3.05, 3.63) is 11.6 Å². The second-order valence-corrected chi connectivity index (χ2v) is 3.75. The van der Waals surface area contributed by atoms with E-state index in [9.17, 15) is 0 Å². The molecule has 0 heterocycles. The highest BCUT2D eigenvalue weighted by Gasteiger charge is 2.16. The van der Waals surface area contributed by atoms with Crippen molar-refractivity contribution in [1.29, 1.82) is 0 Å². The molecule has 3 rings (SSSR count). The SMILES string of the molecule is C1=C2CCCCC(C1)CC2. The van der Waals surface area contributed by atoms with E-state index in [-0.39, 0.29) is 0 Å². The van der Waals surface area contributed by atoms with Crippen LogP contribution in [0.25, 0.3) is 0 Å². The Morgan fingerprint density at radius 1 is 1.10 bits per heavy atom. The molecule has 2 bridgehead atoms. The van der Waals surface area contributed by atoms with Gasteiger partial charge in [-0.2, -0.15) is 0 Å². The van der Waals surface area contributed by atoms with Crippen LogP contribution < -0.4 is 0 Å². The largest absolute Gasteiger partial charge is 0.0851 e. The van der Waals surface area contributed by atoms with Crippen LogP contribution in [0, 0.1) is 5.92 Å². The van der Waals surface area contributed by atoms with Crippen LogP contribution in [-0.2, 0) is 0 Å². The van der Waals surface area contributed by atoms with Crippen molar-refractivity contribution < 1.29 is 0 Å². The van der Waals surface area contributed by atoms with Gasteiger partial charge in [0.05, 0.1) is 0 Å². The van der Waals surface area contributed by atoms with E-state index in [0.29, 0.717) is 0 Å². The summed E-state index contributed by atoms with van der Waals surface area (Å²) in [7, 11) is 0. The van der Waals surface area contributed by atoms with E-state index in [0.717, 1.165) is 5.92 Å². The van der Waals surface area contributed by atoms with Gasteiger partial charge in [-0.25, -0.2) is 0 Å². The van der Waals surface area contributed by atoms with Crippen LogP contribution in [0.15, 0.2) is 11.6 Å². The average Bonchev–Trinajstić information content (AvgIpc) is 1.89. The molecule has 0 radical (unpaired) electrons. The lowest BCUT2D eigenvalue weighted by Crippen LogP contribution is -2.08. The number of allylic oxidation sites excluding steroid dienone is 2. The van der Waals surface area contributed by atoms with Gasteiger partial charge in [0.1, 0.15) is 0 Å². The first kappa shape index (κ1) is 6.45. The molecule has 3 aliphatic carbocycles. The molecule has 10 heavy (non-hydrogen) atoms. The molecule has 0 aromatic carbocycles. The van der Waals surface area contributed by atoms with Gasteiger partial charge in [-0.05, 0) is 38.0 Å². The summed E-state index contributed by atoms with van der Waals surface area (Å²) in [6.07, 6.45) is 12.7. The van der Waals surface area contributed by atoms with Gasteiger partial charge in [0.2, 0.25) is 0 Å². The van der Waals surface area contributed by atoms with Gasteiger partial charge in [0.25, 0.3) is 0 Å². The van der Waals surface area contributed by atoms with Crippen LogP contribution in [-0.4, -0.2) is 0 Å². The minimum atomic E-state index is 1.06. The van der Waals surface area contributed by atoms with Crippen molar-refractivity contribution in [2.75, 3.05) is 0 Å². The first-order valence-corrected chi connectivity index (χ1v) is 4.63. The number of rotatable bonds is 0. The zero-order valence-corrected chi connectivity index (χ0v) is 6.60. The van der Waals surface area contributed by atoms with Gasteiger partial charge in [-0.3, -0.25) is 0 Å². The predicted molar refractivity (Wildman–Crippen MR) is 43.9 cm³/mol. The molecule has 3 aliphatic rings. The molecule has 0 spiro atoms. The predicted octanol–water partition coefficient (Wildman–Crippen LogP) is 3.29. The lowest BCUT2D eigenvalue weighted by Gasteiger charge is -2.25. The summed E-state index contributed by atoms with van der Waals surface area (Å²) in [5, 5.41) is 0. The highest BCUT2D eigenvalue weighted by molar-refractivity contribution is 5.07. The summed E-state index contributed by atoms with van der Waals surface area (Å²) < 4.78 is 0. The van der Waals surface area contributed by atoms with E-state index in [4.69, 9.17) is 0 Å². The van der Waals surface area contributed by atoms with Gasteiger partial charge >= 0.3 is 0 Å². The second kappa shape index (κ2) is 2.77. The molecule has 1 atom stereocenters. The fourth-order valence-electron chi connectivity index (χ4n) is 2.22. The normalized spacial score (nSPS) is 32.8. The standard InChI is InChI=1S/C10H16/c1-2-4-10-7-5-9(3-1)6-8-10/h5,10H,1-4,6-8H2. The summed E-state index contributed by atoms with van der Waals surface area (Å²) in [4.78, 5) is 0. The second-order valence-electron chi connectivity index (χ2n) is 3.75. The molecule has 1 saturated carbocycles. The van der Waals surface area contributed by atoms with Crippen molar-refractivity contribution in [1.82, 2.24) is 0 Å². The molecule has 0 amide bonds.